The molecule has 0 aliphatic heterocycles. The van der Waals surface area contributed by atoms with E-state index in [4.69, 9.17) is 15.9 Å². The number of para-hydroxylation sites is 1. The summed E-state index contributed by atoms with van der Waals surface area (Å²) >= 11 is 0. The molecule has 0 aliphatic rings. The summed E-state index contributed by atoms with van der Waals surface area (Å²) in [6.07, 6.45) is -4.75. The highest BCUT2D eigenvalue weighted by molar-refractivity contribution is 6.01. The van der Waals surface area contributed by atoms with E-state index >= 15 is 0 Å². The number of nitrogens with one attached hydrogen (secondary N) is 1. The maximum absolute atomic E-state index is 14.0. The molecule has 0 saturated carbocycles. The van der Waals surface area contributed by atoms with Crippen LogP contribution in [0.4, 0.5) is 18.9 Å². The Bertz CT molecular complexity index is 1440. The Balaban J connectivity index is 1.82. The van der Waals surface area contributed by atoms with Crippen molar-refractivity contribution in [1.29, 1.82) is 10.7 Å². The van der Waals surface area contributed by atoms with Crippen LogP contribution in [0, 0.1) is 16.7 Å². The minimum atomic E-state index is -4.75. The molecule has 168 valence electrons. The van der Waals surface area contributed by atoms with Crippen molar-refractivity contribution in [2.24, 2.45) is 10.7 Å². The van der Waals surface area contributed by atoms with E-state index in [1.807, 2.05) is 6.07 Å². The first-order valence-electron chi connectivity index (χ1n) is 9.94. The fourth-order valence-corrected chi connectivity index (χ4v) is 3.36. The number of hydrogen-bond acceptors (Lipinski definition) is 5. The fraction of sp³-hybridized carbons (Fsp3) is 0.0400. The second-order valence-electron chi connectivity index (χ2n) is 7.17. The van der Waals surface area contributed by atoms with Crippen molar-refractivity contribution >= 4 is 28.5 Å². The lowest BCUT2D eigenvalue weighted by Gasteiger charge is -2.15. The molecule has 0 aliphatic carbocycles. The number of aromatic nitrogens is 1. The number of hydrogen-bond donors (Lipinski definition) is 2. The summed E-state index contributed by atoms with van der Waals surface area (Å²) in [5, 5.41) is 17.8. The van der Waals surface area contributed by atoms with E-state index in [1.165, 1.54) is 12.1 Å². The number of pyridine rings is 1. The highest BCUT2D eigenvalue weighted by atomic mass is 19.4. The van der Waals surface area contributed by atoms with Crippen molar-refractivity contribution in [2.75, 3.05) is 0 Å². The predicted octanol–water partition coefficient (Wildman–Crippen LogP) is 5.78. The summed E-state index contributed by atoms with van der Waals surface area (Å²) in [6.45, 7) is 0. The quantitative estimate of drug-likeness (QED) is 0.299. The van der Waals surface area contributed by atoms with Crippen molar-refractivity contribution < 1.29 is 17.9 Å². The van der Waals surface area contributed by atoms with Crippen LogP contribution in [0.25, 0.3) is 22.0 Å². The normalized spacial score (nSPS) is 11.8. The number of nitrogens with zero attached hydrogens (tertiary/aromatic N) is 3. The predicted molar refractivity (Wildman–Crippen MR) is 123 cm³/mol. The second-order valence-corrected chi connectivity index (χ2v) is 7.17. The van der Waals surface area contributed by atoms with Gasteiger partial charge >= 0.3 is 6.18 Å². The molecule has 0 bridgehead atoms. The summed E-state index contributed by atoms with van der Waals surface area (Å²) in [5.74, 6) is -0.643. The van der Waals surface area contributed by atoms with Gasteiger partial charge in [-0.05, 0) is 41.5 Å². The molecule has 4 aromatic rings. The zero-order valence-electron chi connectivity index (χ0n) is 17.5. The van der Waals surface area contributed by atoms with E-state index in [9.17, 15) is 18.4 Å². The Morgan fingerprint density at radius 2 is 1.62 bits per heavy atom. The summed E-state index contributed by atoms with van der Waals surface area (Å²) in [7, 11) is 0. The Labute approximate surface area is 192 Å². The zero-order valence-corrected chi connectivity index (χ0v) is 17.5. The molecule has 1 aromatic heterocycles. The monoisotopic (exact) mass is 459 g/mol. The lowest BCUT2D eigenvalue weighted by molar-refractivity contribution is -0.136. The molecule has 34 heavy (non-hydrogen) atoms. The van der Waals surface area contributed by atoms with Gasteiger partial charge in [-0.1, -0.05) is 48.5 Å². The van der Waals surface area contributed by atoms with Crippen molar-refractivity contribution in [1.82, 2.24) is 4.98 Å². The van der Waals surface area contributed by atoms with Gasteiger partial charge in [-0.2, -0.15) is 23.4 Å². The largest absolute Gasteiger partial charge is 0.418 e. The maximum atomic E-state index is 14.0. The second kappa shape index (κ2) is 9.03. The van der Waals surface area contributed by atoms with E-state index in [0.717, 1.165) is 6.07 Å². The molecule has 9 heteroatoms. The molecule has 0 radical (unpaired) electrons. The van der Waals surface area contributed by atoms with Gasteiger partial charge in [0.2, 0.25) is 5.90 Å². The minimum absolute atomic E-state index is 0.0126. The van der Waals surface area contributed by atoms with E-state index in [0.29, 0.717) is 11.3 Å². The third-order valence-electron chi connectivity index (χ3n) is 4.88. The number of ether oxygens (including phenoxy) is 1. The Kier molecular flexibility index (Phi) is 5.97. The van der Waals surface area contributed by atoms with E-state index in [1.54, 1.807) is 60.7 Å². The first-order chi connectivity index (χ1) is 16.3. The van der Waals surface area contributed by atoms with Gasteiger partial charge in [0, 0.05) is 5.39 Å². The van der Waals surface area contributed by atoms with Crippen LogP contribution in [-0.4, -0.2) is 16.9 Å². The van der Waals surface area contributed by atoms with Gasteiger partial charge in [-0.15, -0.1) is 0 Å². The lowest BCUT2D eigenvalue weighted by Crippen LogP contribution is -2.21. The minimum Gasteiger partial charge on any atom is -0.405 e. The standard InChI is InChI=1S/C25H16F3N5O/c26-25(27,28)20-12-16(15-7-3-1-4-8-15)11-19-17(14-29)13-21(33-22(19)20)23(30)34-24(31)32-18-9-5-2-6-10-18/h1-13,30H,(H2,31,32). The average Bonchev–Trinajstić information content (AvgIpc) is 2.83. The topological polar surface area (TPSA) is 108 Å². The van der Waals surface area contributed by atoms with Crippen LogP contribution in [0.3, 0.4) is 0 Å². The first-order valence-corrected chi connectivity index (χ1v) is 9.94. The molecular formula is C25H16F3N5O. The molecule has 0 saturated heterocycles. The number of fused-ring (bicyclic) bond motifs is 1. The molecule has 1 heterocycles. The fourth-order valence-electron chi connectivity index (χ4n) is 3.36. The summed E-state index contributed by atoms with van der Waals surface area (Å²) in [4.78, 5) is 8.00. The first kappa shape index (κ1) is 22.5. The van der Waals surface area contributed by atoms with Crippen molar-refractivity contribution in [3.05, 3.63) is 95.7 Å². The van der Waals surface area contributed by atoms with Crippen LogP contribution >= 0.6 is 0 Å². The van der Waals surface area contributed by atoms with Crippen LogP contribution in [0.2, 0.25) is 0 Å². The smallest absolute Gasteiger partial charge is 0.405 e. The number of alkyl halides is 3. The van der Waals surface area contributed by atoms with Crippen molar-refractivity contribution in [2.45, 2.75) is 6.18 Å². The molecule has 0 atom stereocenters. The maximum Gasteiger partial charge on any atom is 0.418 e. The van der Waals surface area contributed by atoms with Gasteiger partial charge < -0.3 is 10.5 Å². The van der Waals surface area contributed by atoms with Crippen molar-refractivity contribution in [3.8, 4) is 17.2 Å². The summed E-state index contributed by atoms with van der Waals surface area (Å²) < 4.78 is 47.1. The highest BCUT2D eigenvalue weighted by Gasteiger charge is 2.35. The van der Waals surface area contributed by atoms with Gasteiger partial charge in [-0.25, -0.2) is 4.98 Å². The molecule has 3 N–H and O–H groups in total. The number of halogens is 3. The van der Waals surface area contributed by atoms with Crippen LogP contribution in [-0.2, 0) is 10.9 Å². The molecule has 4 rings (SSSR count). The SMILES string of the molecule is N#Cc1cc(C(=N)OC(N)=Nc2ccccc2)nc2c(C(F)(F)F)cc(-c3ccccc3)cc12. The number of rotatable bonds is 3. The third kappa shape index (κ3) is 4.71. The van der Waals surface area contributed by atoms with Crippen LogP contribution in [0.1, 0.15) is 16.8 Å². The van der Waals surface area contributed by atoms with E-state index in [-0.39, 0.29) is 22.2 Å². The molecule has 0 amide bonds. The number of amidine groups is 1. The Morgan fingerprint density at radius 3 is 2.24 bits per heavy atom. The van der Waals surface area contributed by atoms with Crippen LogP contribution < -0.4 is 5.73 Å². The third-order valence-corrected chi connectivity index (χ3v) is 4.88. The highest BCUT2D eigenvalue weighted by Crippen LogP contribution is 2.38. The van der Waals surface area contributed by atoms with Gasteiger partial charge in [0.1, 0.15) is 5.69 Å². The molecule has 0 fully saturated rings. The number of nitriles is 1. The van der Waals surface area contributed by atoms with E-state index < -0.39 is 29.2 Å². The van der Waals surface area contributed by atoms with Gasteiger partial charge in [-0.3, -0.25) is 5.41 Å². The molecule has 3 aromatic carbocycles. The molecular weight excluding hydrogens is 443 g/mol. The molecule has 0 spiro atoms. The number of nitrogens with two attached hydrogens (primary N) is 1. The molecule has 6 nitrogen and oxygen atoms in total. The Hall–Kier alpha value is -4.71. The van der Waals surface area contributed by atoms with E-state index in [2.05, 4.69) is 9.98 Å². The molecule has 0 unspecified atom stereocenters. The lowest BCUT2D eigenvalue weighted by atomic mass is 9.96. The Morgan fingerprint density at radius 1 is 0.971 bits per heavy atom. The number of benzene rings is 3. The zero-order chi connectivity index (χ0) is 24.3. The van der Waals surface area contributed by atoms with Gasteiger partial charge in [0.25, 0.3) is 6.02 Å². The summed E-state index contributed by atoms with van der Waals surface area (Å²) in [6, 6.07) is 22.2. The van der Waals surface area contributed by atoms with Gasteiger partial charge in [0.15, 0.2) is 0 Å². The van der Waals surface area contributed by atoms with Crippen LogP contribution in [0.5, 0.6) is 0 Å². The number of aliphatic imine (C=N–C) groups is 1. The summed E-state index contributed by atoms with van der Waals surface area (Å²) in [5.41, 5.74) is 5.17. The average molecular weight is 459 g/mol. The van der Waals surface area contributed by atoms with Crippen LogP contribution in [0.15, 0.2) is 83.9 Å². The van der Waals surface area contributed by atoms with Crippen molar-refractivity contribution in [3.63, 3.8) is 0 Å². The van der Waals surface area contributed by atoms with Gasteiger partial charge in [0.05, 0.1) is 28.4 Å².